The van der Waals surface area contributed by atoms with Crippen molar-refractivity contribution in [3.63, 3.8) is 0 Å². The van der Waals surface area contributed by atoms with Crippen LogP contribution in [0.15, 0.2) is 42.5 Å². The highest BCUT2D eigenvalue weighted by molar-refractivity contribution is 5.94. The second-order valence-electron chi connectivity index (χ2n) is 6.46. The maximum Gasteiger partial charge on any atom is 0.254 e. The summed E-state index contributed by atoms with van der Waals surface area (Å²) in [5, 5.41) is 0. The van der Waals surface area contributed by atoms with Crippen LogP contribution < -0.4 is 15.2 Å². The van der Waals surface area contributed by atoms with Crippen LogP contribution in [0.1, 0.15) is 48.2 Å². The molecule has 5 nitrogen and oxygen atoms in total. The van der Waals surface area contributed by atoms with Crippen molar-refractivity contribution in [3.05, 3.63) is 59.2 Å². The number of hydrogen-bond acceptors (Lipinski definition) is 4. The average molecular weight is 407 g/mol. The molecule has 2 rings (SSSR count). The van der Waals surface area contributed by atoms with E-state index in [0.717, 1.165) is 29.7 Å². The predicted molar refractivity (Wildman–Crippen MR) is 115 cm³/mol. The number of benzene rings is 2. The number of carbonyl (C=O) groups is 1. The van der Waals surface area contributed by atoms with Crippen LogP contribution in [-0.4, -0.2) is 31.1 Å². The van der Waals surface area contributed by atoms with Gasteiger partial charge in [0.15, 0.2) is 11.5 Å². The topological polar surface area (TPSA) is 64.8 Å². The molecular weight excluding hydrogens is 376 g/mol. The first kappa shape index (κ1) is 23.8. The minimum Gasteiger partial charge on any atom is -0.493 e. The van der Waals surface area contributed by atoms with Gasteiger partial charge in [0.25, 0.3) is 5.91 Å². The number of hydrogen-bond donors (Lipinski definition) is 1. The molecule has 0 aliphatic heterocycles. The molecule has 2 aromatic rings. The summed E-state index contributed by atoms with van der Waals surface area (Å²) in [6, 6.07) is 13.3. The Morgan fingerprint density at radius 1 is 1.00 bits per heavy atom. The Balaban J connectivity index is 0.00000392. The second kappa shape index (κ2) is 12.3. The fraction of sp³-hybridized carbons (Fsp3) is 0.409. The number of carbonyl (C=O) groups excluding carboxylic acids is 1. The molecule has 6 heteroatoms. The van der Waals surface area contributed by atoms with Gasteiger partial charge in [-0.25, -0.2) is 0 Å². The molecule has 0 aliphatic carbocycles. The highest BCUT2D eigenvalue weighted by Crippen LogP contribution is 2.29. The van der Waals surface area contributed by atoms with E-state index in [1.807, 2.05) is 47.4 Å². The predicted octanol–water partition coefficient (Wildman–Crippen LogP) is 4.42. The monoisotopic (exact) mass is 406 g/mol. The first-order valence-corrected chi connectivity index (χ1v) is 9.50. The van der Waals surface area contributed by atoms with E-state index in [-0.39, 0.29) is 18.3 Å². The summed E-state index contributed by atoms with van der Waals surface area (Å²) in [6.45, 7) is 6.47. The molecule has 2 aromatic carbocycles. The zero-order valence-electron chi connectivity index (χ0n) is 16.9. The molecule has 2 N–H and O–H groups in total. The Morgan fingerprint density at radius 3 is 2.25 bits per heavy atom. The van der Waals surface area contributed by atoms with E-state index in [9.17, 15) is 4.79 Å². The normalized spacial score (nSPS) is 10.1. The maximum atomic E-state index is 12.9. The number of halogens is 1. The van der Waals surface area contributed by atoms with E-state index in [2.05, 4.69) is 13.8 Å². The van der Waals surface area contributed by atoms with Gasteiger partial charge in [-0.3, -0.25) is 4.79 Å². The summed E-state index contributed by atoms with van der Waals surface area (Å²) in [4.78, 5) is 14.8. The zero-order valence-corrected chi connectivity index (χ0v) is 17.8. The molecule has 1 amide bonds. The van der Waals surface area contributed by atoms with E-state index >= 15 is 0 Å². The SMILES string of the molecule is CCCOc1ccc(CN(CCC)C(=O)c2ccc(CN)cc2)cc1OC.Cl. The largest absolute Gasteiger partial charge is 0.493 e. The van der Waals surface area contributed by atoms with Gasteiger partial charge in [-0.05, 0) is 48.2 Å². The van der Waals surface area contributed by atoms with Crippen molar-refractivity contribution in [1.82, 2.24) is 4.90 Å². The van der Waals surface area contributed by atoms with Crippen LogP contribution in [0.3, 0.4) is 0 Å². The molecule has 28 heavy (non-hydrogen) atoms. The Bertz CT molecular complexity index is 735. The van der Waals surface area contributed by atoms with Crippen molar-refractivity contribution in [2.45, 2.75) is 39.8 Å². The first-order valence-electron chi connectivity index (χ1n) is 9.50. The lowest BCUT2D eigenvalue weighted by Crippen LogP contribution is -2.31. The lowest BCUT2D eigenvalue weighted by molar-refractivity contribution is 0.0743. The van der Waals surface area contributed by atoms with Gasteiger partial charge in [0.1, 0.15) is 0 Å². The summed E-state index contributed by atoms with van der Waals surface area (Å²) in [7, 11) is 1.63. The number of nitrogens with two attached hydrogens (primary N) is 1. The quantitative estimate of drug-likeness (QED) is 0.634. The Labute approximate surface area is 174 Å². The maximum absolute atomic E-state index is 12.9. The molecule has 0 spiro atoms. The molecule has 0 bridgehead atoms. The van der Waals surface area contributed by atoms with Crippen LogP contribution in [-0.2, 0) is 13.1 Å². The van der Waals surface area contributed by atoms with Crippen molar-refractivity contribution >= 4 is 18.3 Å². The number of methoxy groups -OCH3 is 1. The third-order valence-corrected chi connectivity index (χ3v) is 4.28. The molecule has 0 atom stereocenters. The van der Waals surface area contributed by atoms with Crippen LogP contribution in [0.5, 0.6) is 11.5 Å². The van der Waals surface area contributed by atoms with E-state index in [4.69, 9.17) is 15.2 Å². The van der Waals surface area contributed by atoms with Gasteiger partial charge in [-0.2, -0.15) is 0 Å². The van der Waals surface area contributed by atoms with E-state index < -0.39 is 0 Å². The average Bonchev–Trinajstić information content (AvgIpc) is 2.71. The minimum atomic E-state index is 0. The molecule has 0 aromatic heterocycles. The molecule has 0 unspecified atom stereocenters. The van der Waals surface area contributed by atoms with Gasteiger partial charge in [0, 0.05) is 25.2 Å². The highest BCUT2D eigenvalue weighted by Gasteiger charge is 2.16. The summed E-state index contributed by atoms with van der Waals surface area (Å²) < 4.78 is 11.2. The van der Waals surface area contributed by atoms with E-state index in [1.165, 1.54) is 0 Å². The smallest absolute Gasteiger partial charge is 0.254 e. The van der Waals surface area contributed by atoms with Crippen LogP contribution in [0.2, 0.25) is 0 Å². The number of ether oxygens (including phenoxy) is 2. The van der Waals surface area contributed by atoms with Crippen LogP contribution in [0.4, 0.5) is 0 Å². The molecule has 154 valence electrons. The summed E-state index contributed by atoms with van der Waals surface area (Å²) in [5.41, 5.74) is 8.34. The fourth-order valence-corrected chi connectivity index (χ4v) is 2.85. The van der Waals surface area contributed by atoms with Gasteiger partial charge < -0.3 is 20.1 Å². The third-order valence-electron chi connectivity index (χ3n) is 4.28. The first-order chi connectivity index (χ1) is 13.1. The molecule has 0 heterocycles. The van der Waals surface area contributed by atoms with E-state index in [1.54, 1.807) is 7.11 Å². The Kier molecular flexibility index (Phi) is 10.4. The van der Waals surface area contributed by atoms with Crippen molar-refractivity contribution in [1.29, 1.82) is 0 Å². The van der Waals surface area contributed by atoms with Crippen molar-refractivity contribution in [3.8, 4) is 11.5 Å². The molecule has 0 saturated carbocycles. The third kappa shape index (κ3) is 6.43. The Hall–Kier alpha value is -2.24. The molecular formula is C22H31ClN2O3. The van der Waals surface area contributed by atoms with Crippen LogP contribution in [0.25, 0.3) is 0 Å². The second-order valence-corrected chi connectivity index (χ2v) is 6.46. The summed E-state index contributed by atoms with van der Waals surface area (Å²) >= 11 is 0. The number of amides is 1. The van der Waals surface area contributed by atoms with Gasteiger partial charge in [-0.15, -0.1) is 12.4 Å². The standard InChI is InChI=1S/C22H30N2O3.ClH/c1-4-12-24(22(25)19-9-6-17(15-23)7-10-19)16-18-8-11-20(27-13-5-2)21(14-18)26-3;/h6-11,14H,4-5,12-13,15-16,23H2,1-3H3;1H. The summed E-state index contributed by atoms with van der Waals surface area (Å²) in [6.07, 6.45) is 1.83. The van der Waals surface area contributed by atoms with Crippen molar-refractivity contribution < 1.29 is 14.3 Å². The van der Waals surface area contributed by atoms with Gasteiger partial charge in [0.2, 0.25) is 0 Å². The fourth-order valence-electron chi connectivity index (χ4n) is 2.85. The summed E-state index contributed by atoms with van der Waals surface area (Å²) in [5.74, 6) is 1.44. The Morgan fingerprint density at radius 2 is 1.68 bits per heavy atom. The number of nitrogens with zero attached hydrogens (tertiary/aromatic N) is 1. The van der Waals surface area contributed by atoms with Gasteiger partial charge >= 0.3 is 0 Å². The highest BCUT2D eigenvalue weighted by atomic mass is 35.5. The van der Waals surface area contributed by atoms with Crippen LogP contribution >= 0.6 is 12.4 Å². The lowest BCUT2D eigenvalue weighted by atomic mass is 10.1. The molecule has 0 aliphatic rings. The van der Waals surface area contributed by atoms with Crippen molar-refractivity contribution in [2.75, 3.05) is 20.3 Å². The van der Waals surface area contributed by atoms with Gasteiger partial charge in [-0.1, -0.05) is 32.0 Å². The zero-order chi connectivity index (χ0) is 19.6. The lowest BCUT2D eigenvalue weighted by Gasteiger charge is -2.23. The molecule has 0 fully saturated rings. The van der Waals surface area contributed by atoms with Crippen LogP contribution in [0, 0.1) is 0 Å². The van der Waals surface area contributed by atoms with Gasteiger partial charge in [0.05, 0.1) is 13.7 Å². The molecule has 0 saturated heterocycles. The number of rotatable bonds is 10. The van der Waals surface area contributed by atoms with Crippen molar-refractivity contribution in [2.24, 2.45) is 5.73 Å². The van der Waals surface area contributed by atoms with E-state index in [0.29, 0.717) is 37.6 Å². The minimum absolute atomic E-state index is 0. The molecule has 0 radical (unpaired) electrons.